The zero-order chi connectivity index (χ0) is 21.8. The first kappa shape index (κ1) is 27.4. The van der Waals surface area contributed by atoms with Gasteiger partial charge in [0, 0.05) is 31.6 Å². The van der Waals surface area contributed by atoms with Crippen molar-refractivity contribution in [3.8, 4) is 11.5 Å². The number of aromatic nitrogens is 2. The number of benzene rings is 1. The number of nitrogens with one attached hydrogen (secondary N) is 2. The predicted octanol–water partition coefficient (Wildman–Crippen LogP) is 4.48. The molecule has 31 heavy (non-hydrogen) atoms. The van der Waals surface area contributed by atoms with Crippen LogP contribution in [0.4, 0.5) is 0 Å². The van der Waals surface area contributed by atoms with Crippen molar-refractivity contribution in [3.05, 3.63) is 35.7 Å². The molecule has 2 rings (SSSR count). The maximum absolute atomic E-state index is 5.41. The molecule has 174 valence electrons. The molecule has 8 heteroatoms. The molecular formula is C23H39IN6O. The number of rotatable bonds is 12. The molecule has 0 aliphatic carbocycles. The normalized spacial score (nSPS) is 12.5. The van der Waals surface area contributed by atoms with Crippen LogP contribution in [-0.4, -0.2) is 53.7 Å². The van der Waals surface area contributed by atoms with Crippen LogP contribution in [0, 0.1) is 0 Å². The van der Waals surface area contributed by atoms with E-state index in [0.29, 0.717) is 18.5 Å². The summed E-state index contributed by atoms with van der Waals surface area (Å²) >= 11 is 0. The minimum absolute atomic E-state index is 0. The number of aryl methyl sites for hydroxylation is 1. The lowest BCUT2D eigenvalue weighted by Crippen LogP contribution is -2.42. The smallest absolute Gasteiger partial charge is 0.257 e. The van der Waals surface area contributed by atoms with E-state index < -0.39 is 0 Å². The molecule has 0 bridgehead atoms. The summed E-state index contributed by atoms with van der Waals surface area (Å²) in [5, 5.41) is 10.9. The lowest BCUT2D eigenvalue weighted by molar-refractivity contribution is 0.292. The molecule has 0 amide bonds. The van der Waals surface area contributed by atoms with Crippen molar-refractivity contribution in [2.45, 2.75) is 66.0 Å². The fourth-order valence-electron chi connectivity index (χ4n) is 3.36. The fraction of sp³-hybridized carbons (Fsp3) is 0.609. The van der Waals surface area contributed by atoms with Crippen LogP contribution in [0.5, 0.6) is 0 Å². The van der Waals surface area contributed by atoms with Crippen molar-refractivity contribution in [3.63, 3.8) is 0 Å². The van der Waals surface area contributed by atoms with Gasteiger partial charge in [-0.25, -0.2) is 0 Å². The van der Waals surface area contributed by atoms with Gasteiger partial charge in [0.05, 0.1) is 0 Å². The standard InChI is InChI=1S/C23H38N6O.HI/c1-6-11-21-27-22(30-28-21)20-14-9-13-19(16-20)17-25-23(24-5)26-18(4)12-10-15-29(7-2)8-3;/h9,13-14,16,18H,6-8,10-12,15,17H2,1-5H3,(H2,24,25,26);1H. The Morgan fingerprint density at radius 1 is 1.23 bits per heavy atom. The van der Waals surface area contributed by atoms with Gasteiger partial charge >= 0.3 is 0 Å². The average Bonchev–Trinajstić information content (AvgIpc) is 3.23. The molecule has 7 nitrogen and oxygen atoms in total. The highest BCUT2D eigenvalue weighted by atomic mass is 127. The number of aliphatic imine (C=N–C) groups is 1. The Balaban J connectivity index is 0.00000480. The van der Waals surface area contributed by atoms with E-state index in [0.717, 1.165) is 61.8 Å². The average molecular weight is 543 g/mol. The minimum Gasteiger partial charge on any atom is -0.354 e. The molecular weight excluding hydrogens is 503 g/mol. The third-order valence-corrected chi connectivity index (χ3v) is 5.19. The van der Waals surface area contributed by atoms with Gasteiger partial charge in [-0.3, -0.25) is 4.99 Å². The summed E-state index contributed by atoms with van der Waals surface area (Å²) in [5.41, 5.74) is 2.08. The summed E-state index contributed by atoms with van der Waals surface area (Å²) < 4.78 is 5.41. The first-order valence-electron chi connectivity index (χ1n) is 11.2. The molecule has 2 N–H and O–H groups in total. The molecule has 0 fully saturated rings. The van der Waals surface area contributed by atoms with E-state index in [1.807, 2.05) is 19.2 Å². The van der Waals surface area contributed by atoms with Crippen molar-refractivity contribution >= 4 is 29.9 Å². The molecule has 1 unspecified atom stereocenters. The van der Waals surface area contributed by atoms with Crippen LogP contribution in [-0.2, 0) is 13.0 Å². The van der Waals surface area contributed by atoms with Crippen LogP contribution >= 0.6 is 24.0 Å². The number of halogens is 1. The molecule has 2 aromatic rings. The Morgan fingerprint density at radius 3 is 2.68 bits per heavy atom. The summed E-state index contributed by atoms with van der Waals surface area (Å²) in [4.78, 5) is 11.3. The van der Waals surface area contributed by atoms with Crippen LogP contribution < -0.4 is 10.6 Å². The van der Waals surface area contributed by atoms with Gasteiger partial charge in [-0.2, -0.15) is 4.98 Å². The molecule has 0 radical (unpaired) electrons. The van der Waals surface area contributed by atoms with E-state index in [1.165, 1.54) is 6.42 Å². The van der Waals surface area contributed by atoms with Gasteiger partial charge in [0.2, 0.25) is 0 Å². The Morgan fingerprint density at radius 2 is 2.00 bits per heavy atom. The second kappa shape index (κ2) is 15.2. The van der Waals surface area contributed by atoms with Gasteiger partial charge in [0.1, 0.15) is 0 Å². The minimum atomic E-state index is 0. The third kappa shape index (κ3) is 9.55. The van der Waals surface area contributed by atoms with Crippen molar-refractivity contribution < 1.29 is 4.52 Å². The number of hydrogen-bond donors (Lipinski definition) is 2. The van der Waals surface area contributed by atoms with Gasteiger partial charge < -0.3 is 20.1 Å². The zero-order valence-electron chi connectivity index (χ0n) is 19.6. The highest BCUT2D eigenvalue weighted by Crippen LogP contribution is 2.19. The lowest BCUT2D eigenvalue weighted by Gasteiger charge is -2.21. The quantitative estimate of drug-likeness (QED) is 0.234. The lowest BCUT2D eigenvalue weighted by atomic mass is 10.1. The Kier molecular flexibility index (Phi) is 13.4. The molecule has 1 aromatic carbocycles. The molecule has 0 spiro atoms. The Labute approximate surface area is 204 Å². The first-order valence-corrected chi connectivity index (χ1v) is 11.2. The van der Waals surface area contributed by atoms with E-state index in [1.54, 1.807) is 0 Å². The third-order valence-electron chi connectivity index (χ3n) is 5.19. The van der Waals surface area contributed by atoms with Crippen LogP contribution in [0.1, 0.15) is 58.3 Å². The van der Waals surface area contributed by atoms with E-state index in [-0.39, 0.29) is 24.0 Å². The van der Waals surface area contributed by atoms with Crippen molar-refractivity contribution in [2.75, 3.05) is 26.7 Å². The topological polar surface area (TPSA) is 78.6 Å². The maximum atomic E-state index is 5.41. The van der Waals surface area contributed by atoms with Crippen LogP contribution in [0.3, 0.4) is 0 Å². The SMILES string of the molecule is CCCc1noc(-c2cccc(CNC(=NC)NC(C)CCCN(CC)CC)c2)n1.I. The summed E-state index contributed by atoms with van der Waals surface area (Å²) in [7, 11) is 1.81. The second-order valence-corrected chi connectivity index (χ2v) is 7.61. The van der Waals surface area contributed by atoms with E-state index in [9.17, 15) is 0 Å². The zero-order valence-corrected chi connectivity index (χ0v) is 22.0. The second-order valence-electron chi connectivity index (χ2n) is 7.61. The Hall–Kier alpha value is -1.68. The molecule has 0 aliphatic rings. The molecule has 0 saturated heterocycles. The van der Waals surface area contributed by atoms with Crippen LogP contribution in [0.25, 0.3) is 11.5 Å². The predicted molar refractivity (Wildman–Crippen MR) is 139 cm³/mol. The molecule has 1 atom stereocenters. The molecule has 0 aliphatic heterocycles. The highest BCUT2D eigenvalue weighted by molar-refractivity contribution is 14.0. The van der Waals surface area contributed by atoms with Crippen molar-refractivity contribution in [1.29, 1.82) is 0 Å². The number of guanidine groups is 1. The fourth-order valence-corrected chi connectivity index (χ4v) is 3.36. The monoisotopic (exact) mass is 542 g/mol. The summed E-state index contributed by atoms with van der Waals surface area (Å²) in [6.07, 6.45) is 4.13. The van der Waals surface area contributed by atoms with Gasteiger partial charge in [0.25, 0.3) is 5.89 Å². The van der Waals surface area contributed by atoms with Crippen molar-refractivity contribution in [2.24, 2.45) is 4.99 Å². The van der Waals surface area contributed by atoms with Crippen molar-refractivity contribution in [1.82, 2.24) is 25.7 Å². The van der Waals surface area contributed by atoms with Gasteiger partial charge in [-0.05, 0) is 63.5 Å². The van der Waals surface area contributed by atoms with Crippen LogP contribution in [0.2, 0.25) is 0 Å². The summed E-state index contributed by atoms with van der Waals surface area (Å²) in [6.45, 7) is 12.8. The maximum Gasteiger partial charge on any atom is 0.257 e. The molecule has 0 saturated carbocycles. The van der Waals surface area contributed by atoms with Gasteiger partial charge in [-0.1, -0.05) is 38.1 Å². The molecule has 1 aromatic heterocycles. The number of nitrogens with zero attached hydrogens (tertiary/aromatic N) is 4. The number of hydrogen-bond acceptors (Lipinski definition) is 5. The summed E-state index contributed by atoms with van der Waals surface area (Å²) in [6, 6.07) is 8.55. The van der Waals surface area contributed by atoms with Crippen LogP contribution in [0.15, 0.2) is 33.8 Å². The Bertz CT molecular complexity index is 775. The van der Waals surface area contributed by atoms with E-state index in [4.69, 9.17) is 4.52 Å². The largest absolute Gasteiger partial charge is 0.354 e. The van der Waals surface area contributed by atoms with E-state index >= 15 is 0 Å². The van der Waals surface area contributed by atoms with E-state index in [2.05, 4.69) is 70.5 Å². The summed E-state index contributed by atoms with van der Waals surface area (Å²) in [5.74, 6) is 2.15. The van der Waals surface area contributed by atoms with Gasteiger partial charge in [0.15, 0.2) is 11.8 Å². The molecule has 1 heterocycles. The van der Waals surface area contributed by atoms with Gasteiger partial charge in [-0.15, -0.1) is 24.0 Å². The first-order chi connectivity index (χ1) is 14.6. The highest BCUT2D eigenvalue weighted by Gasteiger charge is 2.10.